The zero-order valence-corrected chi connectivity index (χ0v) is 16.8. The molecule has 0 radical (unpaired) electrons. The highest BCUT2D eigenvalue weighted by molar-refractivity contribution is 7.80. The molecule has 28 heavy (non-hydrogen) atoms. The predicted molar refractivity (Wildman–Crippen MR) is 101 cm³/mol. The van der Waals surface area contributed by atoms with Crippen LogP contribution in [0, 0.1) is 0 Å². The van der Waals surface area contributed by atoms with E-state index in [4.69, 9.17) is 26.4 Å². The smallest absolute Gasteiger partial charge is 0.387 e. The number of allylic oxidation sites excluding steroid dienone is 1. The Labute approximate surface area is 167 Å². The molecule has 0 saturated carbocycles. The van der Waals surface area contributed by atoms with Gasteiger partial charge in [0.2, 0.25) is 0 Å². The van der Waals surface area contributed by atoms with Crippen LogP contribution in [0.3, 0.4) is 0 Å². The van der Waals surface area contributed by atoms with Crippen LogP contribution in [-0.4, -0.2) is 57.1 Å². The molecule has 0 spiro atoms. The standard InChI is InChI=1S/C18H22F2N2O5S/c1-10-14(16(23)26-8-7-24-3)15(21-18(28)22(10)2)11-5-6-12(27-17(19)20)13(9-11)25-4/h5-6,9,15,17H,7-8H2,1-4H3,(H,21,28). The van der Waals surface area contributed by atoms with Crippen LogP contribution < -0.4 is 14.8 Å². The van der Waals surface area contributed by atoms with E-state index in [2.05, 4.69) is 10.1 Å². The lowest BCUT2D eigenvalue weighted by atomic mass is 9.95. The van der Waals surface area contributed by atoms with Crippen molar-refractivity contribution in [3.8, 4) is 11.5 Å². The van der Waals surface area contributed by atoms with E-state index >= 15 is 0 Å². The monoisotopic (exact) mass is 416 g/mol. The molecule has 2 rings (SSSR count). The van der Waals surface area contributed by atoms with Gasteiger partial charge in [0, 0.05) is 19.9 Å². The normalized spacial score (nSPS) is 16.9. The molecule has 0 fully saturated rings. The molecule has 0 bridgehead atoms. The second kappa shape index (κ2) is 9.65. The first kappa shape index (κ1) is 21.8. The minimum atomic E-state index is -2.98. The zero-order chi connectivity index (χ0) is 20.8. The number of hydrogen-bond donors (Lipinski definition) is 1. The molecule has 10 heteroatoms. The lowest BCUT2D eigenvalue weighted by molar-refractivity contribution is -0.140. The first-order chi connectivity index (χ1) is 13.3. The third-order valence-electron chi connectivity index (χ3n) is 4.23. The van der Waals surface area contributed by atoms with E-state index in [1.54, 1.807) is 24.9 Å². The van der Waals surface area contributed by atoms with Crippen molar-refractivity contribution in [1.82, 2.24) is 10.2 Å². The van der Waals surface area contributed by atoms with Gasteiger partial charge in [0.25, 0.3) is 0 Å². The van der Waals surface area contributed by atoms with E-state index in [0.29, 0.717) is 21.9 Å². The van der Waals surface area contributed by atoms with Crippen molar-refractivity contribution in [3.63, 3.8) is 0 Å². The van der Waals surface area contributed by atoms with Gasteiger partial charge >= 0.3 is 12.6 Å². The van der Waals surface area contributed by atoms with Gasteiger partial charge < -0.3 is 29.2 Å². The number of esters is 1. The number of rotatable bonds is 8. The van der Waals surface area contributed by atoms with E-state index in [1.165, 1.54) is 26.4 Å². The summed E-state index contributed by atoms with van der Waals surface area (Å²) in [5.74, 6) is -0.538. The number of thiocarbonyl (C=S) groups is 1. The van der Waals surface area contributed by atoms with E-state index in [-0.39, 0.29) is 24.7 Å². The molecule has 1 N–H and O–H groups in total. The molecular formula is C18H22F2N2O5S. The van der Waals surface area contributed by atoms with Crippen molar-refractivity contribution < 1.29 is 32.5 Å². The predicted octanol–water partition coefficient (Wildman–Crippen LogP) is 2.62. The number of methoxy groups -OCH3 is 2. The molecule has 1 heterocycles. The SMILES string of the molecule is COCCOC(=O)C1=C(C)N(C)C(=S)NC1c1ccc(OC(F)F)c(OC)c1. The minimum Gasteiger partial charge on any atom is -0.493 e. The van der Waals surface area contributed by atoms with Crippen molar-refractivity contribution in [2.75, 3.05) is 34.5 Å². The van der Waals surface area contributed by atoms with Crippen LogP contribution in [0.4, 0.5) is 8.78 Å². The summed E-state index contributed by atoms with van der Waals surface area (Å²) in [6, 6.07) is 3.78. The number of carbonyl (C=O) groups excluding carboxylic acids is 1. The molecule has 154 valence electrons. The van der Waals surface area contributed by atoms with Gasteiger partial charge in [0.05, 0.1) is 25.3 Å². The Morgan fingerprint density at radius 2 is 2.00 bits per heavy atom. The largest absolute Gasteiger partial charge is 0.493 e. The minimum absolute atomic E-state index is 0.0947. The molecule has 1 aliphatic heterocycles. The van der Waals surface area contributed by atoms with Crippen LogP contribution in [0.1, 0.15) is 18.5 Å². The summed E-state index contributed by atoms with van der Waals surface area (Å²) in [7, 11) is 4.57. The molecule has 0 aliphatic carbocycles. The lowest BCUT2D eigenvalue weighted by Gasteiger charge is -2.35. The molecule has 7 nitrogen and oxygen atoms in total. The molecule has 0 amide bonds. The molecule has 1 aromatic rings. The summed E-state index contributed by atoms with van der Waals surface area (Å²) in [5, 5.41) is 3.47. The van der Waals surface area contributed by atoms with E-state index in [9.17, 15) is 13.6 Å². The highest BCUT2D eigenvalue weighted by Crippen LogP contribution is 2.36. The average molecular weight is 416 g/mol. The van der Waals surface area contributed by atoms with Gasteiger partial charge in [-0.2, -0.15) is 8.78 Å². The van der Waals surface area contributed by atoms with Crippen molar-refractivity contribution in [3.05, 3.63) is 35.0 Å². The Hall–Kier alpha value is -2.46. The molecule has 0 saturated heterocycles. The fourth-order valence-corrected chi connectivity index (χ4v) is 2.96. The van der Waals surface area contributed by atoms with E-state index < -0.39 is 18.6 Å². The molecular weight excluding hydrogens is 394 g/mol. The maximum absolute atomic E-state index is 12.7. The molecule has 1 atom stereocenters. The van der Waals surface area contributed by atoms with Gasteiger partial charge in [-0.15, -0.1) is 0 Å². The zero-order valence-electron chi connectivity index (χ0n) is 16.0. The lowest BCUT2D eigenvalue weighted by Crippen LogP contribution is -2.46. The average Bonchev–Trinajstić information content (AvgIpc) is 2.65. The Kier molecular flexibility index (Phi) is 7.53. The maximum atomic E-state index is 12.7. The third kappa shape index (κ3) is 4.87. The summed E-state index contributed by atoms with van der Waals surface area (Å²) >= 11 is 5.33. The topological polar surface area (TPSA) is 69.3 Å². The van der Waals surface area contributed by atoms with Crippen molar-refractivity contribution >= 4 is 23.3 Å². The fraction of sp³-hybridized carbons (Fsp3) is 0.444. The van der Waals surface area contributed by atoms with Crippen molar-refractivity contribution in [1.29, 1.82) is 0 Å². The van der Waals surface area contributed by atoms with Crippen LogP contribution in [0.15, 0.2) is 29.5 Å². The number of carbonyl (C=O) groups is 1. The summed E-state index contributed by atoms with van der Waals surface area (Å²) in [6.07, 6.45) is 0. The summed E-state index contributed by atoms with van der Waals surface area (Å²) < 4.78 is 44.9. The Bertz CT molecular complexity index is 772. The van der Waals surface area contributed by atoms with E-state index in [1.807, 2.05) is 0 Å². The summed E-state index contributed by atoms with van der Waals surface area (Å²) in [6.45, 7) is -0.879. The van der Waals surface area contributed by atoms with Gasteiger partial charge in [-0.1, -0.05) is 6.07 Å². The van der Waals surface area contributed by atoms with Gasteiger partial charge in [0.1, 0.15) is 6.61 Å². The van der Waals surface area contributed by atoms with E-state index in [0.717, 1.165) is 0 Å². The van der Waals surface area contributed by atoms with Crippen LogP contribution in [0.25, 0.3) is 0 Å². The highest BCUT2D eigenvalue weighted by Gasteiger charge is 2.34. The van der Waals surface area contributed by atoms with Gasteiger partial charge in [0.15, 0.2) is 16.6 Å². The Morgan fingerprint density at radius 3 is 2.61 bits per heavy atom. The Balaban J connectivity index is 2.42. The number of halogens is 2. The number of ether oxygens (including phenoxy) is 4. The number of nitrogens with one attached hydrogen (secondary N) is 1. The summed E-state index contributed by atoms with van der Waals surface area (Å²) in [5.41, 5.74) is 1.53. The van der Waals surface area contributed by atoms with Gasteiger partial charge in [-0.25, -0.2) is 4.79 Å². The van der Waals surface area contributed by atoms with Crippen LogP contribution in [-0.2, 0) is 14.3 Å². The summed E-state index contributed by atoms with van der Waals surface area (Å²) in [4.78, 5) is 14.3. The Morgan fingerprint density at radius 1 is 1.29 bits per heavy atom. The molecule has 1 aromatic carbocycles. The van der Waals surface area contributed by atoms with Gasteiger partial charge in [-0.05, 0) is 36.8 Å². The molecule has 0 aromatic heterocycles. The van der Waals surface area contributed by atoms with Crippen molar-refractivity contribution in [2.24, 2.45) is 0 Å². The number of hydrogen-bond acceptors (Lipinski definition) is 6. The number of alkyl halides is 2. The third-order valence-corrected chi connectivity index (χ3v) is 4.62. The highest BCUT2D eigenvalue weighted by atomic mass is 32.1. The number of benzene rings is 1. The van der Waals surface area contributed by atoms with Crippen LogP contribution >= 0.6 is 12.2 Å². The fourth-order valence-electron chi connectivity index (χ4n) is 2.70. The second-order valence-corrected chi connectivity index (χ2v) is 6.24. The van der Waals surface area contributed by atoms with Crippen LogP contribution in [0.5, 0.6) is 11.5 Å². The maximum Gasteiger partial charge on any atom is 0.387 e. The van der Waals surface area contributed by atoms with Gasteiger partial charge in [-0.3, -0.25) is 0 Å². The molecule has 1 aliphatic rings. The first-order valence-corrected chi connectivity index (χ1v) is 8.74. The quantitative estimate of drug-likeness (QED) is 0.394. The van der Waals surface area contributed by atoms with Crippen molar-refractivity contribution in [2.45, 2.75) is 19.6 Å². The molecule has 1 unspecified atom stereocenters. The second-order valence-electron chi connectivity index (χ2n) is 5.86. The number of nitrogens with zero attached hydrogens (tertiary/aromatic N) is 1. The first-order valence-electron chi connectivity index (χ1n) is 8.34. The van der Waals surface area contributed by atoms with Crippen LogP contribution in [0.2, 0.25) is 0 Å².